The zero-order valence-electron chi connectivity index (χ0n) is 14.1. The molecule has 6 nitrogen and oxygen atoms in total. The van der Waals surface area contributed by atoms with Crippen molar-refractivity contribution in [1.82, 2.24) is 8.87 Å². The molecule has 0 unspecified atom stereocenters. The first kappa shape index (κ1) is 17.3. The first-order valence-electron chi connectivity index (χ1n) is 8.31. The minimum absolute atomic E-state index is 0.0388. The highest BCUT2D eigenvalue weighted by Gasteiger charge is 2.31. The number of sulfonamides is 1. The van der Waals surface area contributed by atoms with Crippen LogP contribution in [-0.2, 0) is 29.5 Å². The van der Waals surface area contributed by atoms with E-state index in [0.29, 0.717) is 31.6 Å². The molecule has 2 aromatic carbocycles. The second kappa shape index (κ2) is 6.26. The molecule has 8 heteroatoms. The molecule has 1 aromatic heterocycles. The van der Waals surface area contributed by atoms with Gasteiger partial charge in [-0.15, -0.1) is 0 Å². The van der Waals surface area contributed by atoms with E-state index in [1.54, 1.807) is 6.92 Å². The summed E-state index contributed by atoms with van der Waals surface area (Å²) >= 11 is 6.28. The maximum Gasteiger partial charge on any atom is 0.419 e. The van der Waals surface area contributed by atoms with Gasteiger partial charge in [-0.3, -0.25) is 4.57 Å². The molecule has 1 aliphatic rings. The molecule has 0 aliphatic carbocycles. The molecule has 136 valence electrons. The maximum absolute atomic E-state index is 13.1. The molecular weight excluding hydrogens is 376 g/mol. The van der Waals surface area contributed by atoms with Crippen LogP contribution >= 0.6 is 11.6 Å². The first-order valence-corrected chi connectivity index (χ1v) is 10.1. The largest absolute Gasteiger partial charge is 0.419 e. The van der Waals surface area contributed by atoms with Crippen molar-refractivity contribution in [1.29, 1.82) is 0 Å². The lowest BCUT2D eigenvalue weighted by Gasteiger charge is -2.28. The average molecular weight is 393 g/mol. The van der Waals surface area contributed by atoms with Crippen molar-refractivity contribution in [3.05, 3.63) is 63.1 Å². The van der Waals surface area contributed by atoms with E-state index in [-0.39, 0.29) is 15.5 Å². The smallest absolute Gasteiger partial charge is 0.408 e. The van der Waals surface area contributed by atoms with Crippen LogP contribution in [0.1, 0.15) is 18.1 Å². The molecule has 0 atom stereocenters. The molecule has 0 fully saturated rings. The SMILES string of the molecule is CCn1c(=O)oc2cc(S(=O)(=O)N3CCc4ccccc4C3)c(Cl)cc21. The van der Waals surface area contributed by atoms with Gasteiger partial charge in [-0.05, 0) is 30.5 Å². The molecule has 0 spiro atoms. The summed E-state index contributed by atoms with van der Waals surface area (Å²) in [6.07, 6.45) is 0.649. The summed E-state index contributed by atoms with van der Waals surface area (Å²) in [5.74, 6) is -0.528. The van der Waals surface area contributed by atoms with Gasteiger partial charge in [-0.1, -0.05) is 35.9 Å². The van der Waals surface area contributed by atoms with E-state index >= 15 is 0 Å². The van der Waals surface area contributed by atoms with Gasteiger partial charge < -0.3 is 4.42 Å². The minimum atomic E-state index is -3.81. The van der Waals surface area contributed by atoms with Crippen LogP contribution in [0, 0.1) is 0 Å². The van der Waals surface area contributed by atoms with Crippen LogP contribution < -0.4 is 5.76 Å². The molecule has 0 N–H and O–H groups in total. The van der Waals surface area contributed by atoms with Gasteiger partial charge in [0.05, 0.1) is 10.5 Å². The highest BCUT2D eigenvalue weighted by Crippen LogP contribution is 2.32. The Bertz CT molecular complexity index is 1160. The normalized spacial score (nSPS) is 15.3. The molecule has 0 amide bonds. The van der Waals surface area contributed by atoms with Crippen molar-refractivity contribution in [3.63, 3.8) is 0 Å². The third-order valence-corrected chi connectivity index (χ3v) is 7.06. The number of benzene rings is 2. The van der Waals surface area contributed by atoms with Gasteiger partial charge >= 0.3 is 5.76 Å². The maximum atomic E-state index is 13.1. The van der Waals surface area contributed by atoms with E-state index in [2.05, 4.69) is 0 Å². The predicted molar refractivity (Wildman–Crippen MR) is 98.9 cm³/mol. The molecule has 1 aliphatic heterocycles. The summed E-state index contributed by atoms with van der Waals surface area (Å²) < 4.78 is 34.3. The standard InChI is InChI=1S/C18H17ClN2O4S/c1-2-21-15-9-14(19)17(10-16(15)25-18(21)22)26(23,24)20-8-7-12-5-3-4-6-13(12)11-20/h3-6,9-10H,2,7-8,11H2,1H3. The molecule has 0 bridgehead atoms. The fourth-order valence-electron chi connectivity index (χ4n) is 3.38. The number of aromatic nitrogens is 1. The highest BCUT2D eigenvalue weighted by atomic mass is 35.5. The fraction of sp³-hybridized carbons (Fsp3) is 0.278. The molecule has 0 saturated heterocycles. The number of rotatable bonds is 3. The van der Waals surface area contributed by atoms with E-state index < -0.39 is 15.8 Å². The second-order valence-corrected chi connectivity index (χ2v) is 8.53. The van der Waals surface area contributed by atoms with Crippen LogP contribution in [0.5, 0.6) is 0 Å². The van der Waals surface area contributed by atoms with Crippen LogP contribution in [0.3, 0.4) is 0 Å². The number of fused-ring (bicyclic) bond motifs is 2. The number of hydrogen-bond acceptors (Lipinski definition) is 4. The number of aryl methyl sites for hydroxylation is 1. The zero-order chi connectivity index (χ0) is 18.5. The zero-order valence-corrected chi connectivity index (χ0v) is 15.7. The molecule has 4 rings (SSSR count). The van der Waals surface area contributed by atoms with E-state index in [1.807, 2.05) is 24.3 Å². The lowest BCUT2D eigenvalue weighted by molar-refractivity contribution is 0.391. The van der Waals surface area contributed by atoms with Gasteiger partial charge in [0.25, 0.3) is 0 Å². The first-order chi connectivity index (χ1) is 12.4. The summed E-state index contributed by atoms with van der Waals surface area (Å²) in [5.41, 5.74) is 2.86. The van der Waals surface area contributed by atoms with Crippen LogP contribution in [0.4, 0.5) is 0 Å². The van der Waals surface area contributed by atoms with Gasteiger partial charge in [0.15, 0.2) is 5.58 Å². The van der Waals surface area contributed by atoms with Crippen molar-refractivity contribution >= 4 is 32.7 Å². The Kier molecular flexibility index (Phi) is 4.17. The Hall–Kier alpha value is -2.09. The van der Waals surface area contributed by atoms with Crippen LogP contribution in [0.2, 0.25) is 5.02 Å². The van der Waals surface area contributed by atoms with Crippen molar-refractivity contribution in [2.24, 2.45) is 0 Å². The Morgan fingerprint density at radius 2 is 1.92 bits per heavy atom. The van der Waals surface area contributed by atoms with E-state index in [0.717, 1.165) is 11.1 Å². The van der Waals surface area contributed by atoms with Crippen molar-refractivity contribution in [2.45, 2.75) is 31.3 Å². The Morgan fingerprint density at radius 1 is 1.19 bits per heavy atom. The van der Waals surface area contributed by atoms with Gasteiger partial charge in [-0.2, -0.15) is 4.31 Å². The number of halogens is 1. The van der Waals surface area contributed by atoms with Crippen molar-refractivity contribution in [3.8, 4) is 0 Å². The lowest BCUT2D eigenvalue weighted by atomic mass is 10.0. The van der Waals surface area contributed by atoms with E-state index in [4.69, 9.17) is 16.0 Å². The van der Waals surface area contributed by atoms with Crippen LogP contribution in [-0.4, -0.2) is 23.8 Å². The minimum Gasteiger partial charge on any atom is -0.408 e. The fourth-order valence-corrected chi connectivity index (χ4v) is 5.31. The molecule has 0 radical (unpaired) electrons. The molecule has 26 heavy (non-hydrogen) atoms. The molecule has 3 aromatic rings. The lowest BCUT2D eigenvalue weighted by Crippen LogP contribution is -2.36. The van der Waals surface area contributed by atoms with Gasteiger partial charge in [0.1, 0.15) is 4.90 Å². The average Bonchev–Trinajstić information content (AvgIpc) is 2.94. The summed E-state index contributed by atoms with van der Waals surface area (Å²) in [6.45, 7) is 2.90. The summed E-state index contributed by atoms with van der Waals surface area (Å²) in [6, 6.07) is 10.6. The third-order valence-electron chi connectivity index (χ3n) is 4.75. The van der Waals surface area contributed by atoms with Crippen LogP contribution in [0.25, 0.3) is 11.1 Å². The van der Waals surface area contributed by atoms with Crippen LogP contribution in [0.15, 0.2) is 50.5 Å². The number of oxazole rings is 1. The molecule has 2 heterocycles. The van der Waals surface area contributed by atoms with Crippen molar-refractivity contribution < 1.29 is 12.8 Å². The summed E-state index contributed by atoms with van der Waals surface area (Å²) in [4.78, 5) is 11.8. The summed E-state index contributed by atoms with van der Waals surface area (Å²) in [7, 11) is -3.81. The van der Waals surface area contributed by atoms with Gasteiger partial charge in [0, 0.05) is 25.7 Å². The highest BCUT2D eigenvalue weighted by molar-refractivity contribution is 7.89. The Balaban J connectivity index is 1.79. The molecular formula is C18H17ClN2O4S. The van der Waals surface area contributed by atoms with E-state index in [1.165, 1.54) is 21.0 Å². The quantitative estimate of drug-likeness (QED) is 0.686. The summed E-state index contributed by atoms with van der Waals surface area (Å²) in [5, 5.41) is 0.0827. The van der Waals surface area contributed by atoms with Gasteiger partial charge in [0.2, 0.25) is 10.0 Å². The van der Waals surface area contributed by atoms with Crippen molar-refractivity contribution in [2.75, 3.05) is 6.54 Å². The second-order valence-electron chi connectivity index (χ2n) is 6.22. The predicted octanol–water partition coefficient (Wildman–Crippen LogP) is 3.01. The van der Waals surface area contributed by atoms with Gasteiger partial charge in [-0.25, -0.2) is 13.2 Å². The topological polar surface area (TPSA) is 72.5 Å². The van der Waals surface area contributed by atoms with E-state index in [9.17, 15) is 13.2 Å². The monoisotopic (exact) mass is 392 g/mol. The molecule has 0 saturated carbocycles. The number of nitrogens with zero attached hydrogens (tertiary/aromatic N) is 2. The number of hydrogen-bond donors (Lipinski definition) is 0. The Morgan fingerprint density at radius 3 is 2.65 bits per heavy atom. The Labute approximate surface area is 155 Å². The third kappa shape index (κ3) is 2.67.